The largest absolute Gasteiger partial charge is 0.497 e. The Labute approximate surface area is 261 Å². The second kappa shape index (κ2) is 13.4. The lowest BCUT2D eigenvalue weighted by Gasteiger charge is -2.26. The number of rotatable bonds is 10. The molecule has 0 radical (unpaired) electrons. The van der Waals surface area contributed by atoms with E-state index in [0.717, 1.165) is 15.6 Å². The lowest BCUT2D eigenvalue weighted by Crippen LogP contribution is -2.40. The first-order valence-electron chi connectivity index (χ1n) is 13.9. The highest BCUT2D eigenvalue weighted by atomic mass is 79.9. The van der Waals surface area contributed by atoms with Crippen LogP contribution in [0.2, 0.25) is 0 Å². The van der Waals surface area contributed by atoms with Crippen molar-refractivity contribution in [2.24, 2.45) is 4.99 Å². The molecule has 0 saturated carbocycles. The van der Waals surface area contributed by atoms with Crippen LogP contribution in [0.4, 0.5) is 0 Å². The summed E-state index contributed by atoms with van der Waals surface area (Å²) in [5.41, 5.74) is 2.64. The molecule has 0 amide bonds. The van der Waals surface area contributed by atoms with Crippen molar-refractivity contribution < 1.29 is 23.7 Å². The zero-order chi connectivity index (χ0) is 30.5. The van der Waals surface area contributed by atoms with Gasteiger partial charge in [-0.05, 0) is 66.5 Å². The van der Waals surface area contributed by atoms with Gasteiger partial charge in [-0.3, -0.25) is 9.36 Å². The number of carbonyl (C=O) groups is 1. The zero-order valence-corrected chi connectivity index (χ0v) is 26.7. The third-order valence-corrected chi connectivity index (χ3v) is 8.36. The number of thiazole rings is 1. The maximum Gasteiger partial charge on any atom is 0.338 e. The first-order chi connectivity index (χ1) is 20.9. The van der Waals surface area contributed by atoms with Crippen molar-refractivity contribution >= 4 is 45.0 Å². The lowest BCUT2D eigenvalue weighted by atomic mass is 9.93. The standard InChI is InChI=1S/C33H31BrN2O6S/c1-5-40-25-19-26(41-6-2)24(34)17-22(25)18-27-31(37)36-30(21-13-15-23(39-4)16-14-21)28(32(38)42-7-3)29(35-33(36)43-27)20-11-9-8-10-12-20/h8-19,30H,5-7H2,1-4H3/b27-18-/t30-/m0/s1. The van der Waals surface area contributed by atoms with Gasteiger partial charge in [0.05, 0.1) is 53.2 Å². The van der Waals surface area contributed by atoms with Crippen molar-refractivity contribution in [3.8, 4) is 17.2 Å². The van der Waals surface area contributed by atoms with Crippen molar-refractivity contribution in [1.29, 1.82) is 0 Å². The van der Waals surface area contributed by atoms with E-state index in [4.69, 9.17) is 23.9 Å². The van der Waals surface area contributed by atoms with Crippen LogP contribution in [0.25, 0.3) is 11.8 Å². The van der Waals surface area contributed by atoms with Crippen LogP contribution < -0.4 is 29.1 Å². The molecule has 2 heterocycles. The molecule has 10 heteroatoms. The smallest absolute Gasteiger partial charge is 0.338 e. The van der Waals surface area contributed by atoms with Gasteiger partial charge >= 0.3 is 5.97 Å². The fourth-order valence-electron chi connectivity index (χ4n) is 4.89. The third-order valence-electron chi connectivity index (χ3n) is 6.76. The molecule has 0 aliphatic carbocycles. The number of esters is 1. The number of aromatic nitrogens is 1. The molecular weight excluding hydrogens is 632 g/mol. The molecule has 1 aliphatic rings. The van der Waals surface area contributed by atoms with Crippen molar-refractivity contribution in [3.63, 3.8) is 0 Å². The van der Waals surface area contributed by atoms with E-state index < -0.39 is 12.0 Å². The van der Waals surface area contributed by atoms with Crippen molar-refractivity contribution in [1.82, 2.24) is 4.57 Å². The number of ether oxygens (including phenoxy) is 4. The SMILES string of the molecule is CCOC(=O)C1=C(c2ccccc2)N=c2s/c(=C\c3cc(Br)c(OCC)cc3OCC)c(=O)n2[C@H]1c1ccc(OC)cc1. The Kier molecular flexibility index (Phi) is 9.47. The Morgan fingerprint density at radius 1 is 0.977 bits per heavy atom. The van der Waals surface area contributed by atoms with Crippen molar-refractivity contribution in [2.45, 2.75) is 26.8 Å². The molecule has 1 aliphatic heterocycles. The number of carbonyl (C=O) groups excluding carboxylic acids is 1. The molecule has 0 spiro atoms. The first kappa shape index (κ1) is 30.3. The molecule has 0 unspecified atom stereocenters. The van der Waals surface area contributed by atoms with Gasteiger partial charge in [0.25, 0.3) is 5.56 Å². The molecule has 1 aromatic heterocycles. The normalized spacial score (nSPS) is 14.6. The van der Waals surface area contributed by atoms with E-state index >= 15 is 0 Å². The number of fused-ring (bicyclic) bond motifs is 1. The average Bonchev–Trinajstić information content (AvgIpc) is 3.33. The molecule has 0 bridgehead atoms. The molecule has 43 heavy (non-hydrogen) atoms. The fourth-order valence-corrected chi connectivity index (χ4v) is 6.36. The van der Waals surface area contributed by atoms with Gasteiger partial charge in [0.1, 0.15) is 17.2 Å². The molecule has 5 rings (SSSR count). The number of methoxy groups -OCH3 is 1. The Morgan fingerprint density at radius 3 is 2.33 bits per heavy atom. The van der Waals surface area contributed by atoms with Crippen LogP contribution in [-0.4, -0.2) is 37.5 Å². The summed E-state index contributed by atoms with van der Waals surface area (Å²) in [4.78, 5) is 33.2. The quantitative estimate of drug-likeness (QED) is 0.208. The van der Waals surface area contributed by atoms with Gasteiger partial charge in [0.15, 0.2) is 4.80 Å². The zero-order valence-electron chi connectivity index (χ0n) is 24.3. The summed E-state index contributed by atoms with van der Waals surface area (Å²) in [6, 6.07) is 19.7. The first-order valence-corrected chi connectivity index (χ1v) is 15.5. The third kappa shape index (κ3) is 6.16. The minimum atomic E-state index is -0.781. The summed E-state index contributed by atoms with van der Waals surface area (Å²) in [6.45, 7) is 6.68. The van der Waals surface area contributed by atoms with E-state index in [1.165, 1.54) is 11.3 Å². The van der Waals surface area contributed by atoms with Gasteiger partial charge < -0.3 is 18.9 Å². The topological polar surface area (TPSA) is 88.4 Å². The van der Waals surface area contributed by atoms with E-state index in [0.29, 0.717) is 51.1 Å². The summed E-state index contributed by atoms with van der Waals surface area (Å²) in [5.74, 6) is 1.36. The number of nitrogens with zero attached hydrogens (tertiary/aromatic N) is 2. The predicted molar refractivity (Wildman–Crippen MR) is 171 cm³/mol. The summed E-state index contributed by atoms with van der Waals surface area (Å²) >= 11 is 4.83. The van der Waals surface area contributed by atoms with Gasteiger partial charge in [0, 0.05) is 17.2 Å². The number of benzene rings is 3. The van der Waals surface area contributed by atoms with Gasteiger partial charge in [-0.1, -0.05) is 53.8 Å². The van der Waals surface area contributed by atoms with Crippen molar-refractivity contribution in [2.75, 3.05) is 26.9 Å². The second-order valence-corrected chi connectivity index (χ2v) is 11.3. The maximum atomic E-state index is 14.2. The molecule has 3 aromatic carbocycles. The predicted octanol–water partition coefficient (Wildman–Crippen LogP) is 5.50. The van der Waals surface area contributed by atoms with Crippen LogP contribution in [0, 0.1) is 0 Å². The maximum absolute atomic E-state index is 14.2. The molecule has 0 saturated heterocycles. The highest BCUT2D eigenvalue weighted by Gasteiger charge is 2.35. The monoisotopic (exact) mass is 662 g/mol. The lowest BCUT2D eigenvalue weighted by molar-refractivity contribution is -0.138. The number of halogens is 1. The van der Waals surface area contributed by atoms with E-state index in [1.807, 2.05) is 80.6 Å². The fraction of sp³-hybridized carbons (Fsp3) is 0.242. The molecule has 0 N–H and O–H groups in total. The van der Waals surface area contributed by atoms with E-state index in [2.05, 4.69) is 15.9 Å². The molecule has 8 nitrogen and oxygen atoms in total. The molecule has 1 atom stereocenters. The van der Waals surface area contributed by atoms with E-state index in [-0.39, 0.29) is 17.7 Å². The highest BCUT2D eigenvalue weighted by molar-refractivity contribution is 9.10. The minimum Gasteiger partial charge on any atom is -0.497 e. The molecular formula is C33H31BrN2O6S. The van der Waals surface area contributed by atoms with Crippen LogP contribution in [-0.2, 0) is 9.53 Å². The van der Waals surface area contributed by atoms with Crippen LogP contribution in [0.5, 0.6) is 17.2 Å². The summed E-state index contributed by atoms with van der Waals surface area (Å²) in [5, 5.41) is 0. The van der Waals surface area contributed by atoms with Gasteiger partial charge in [-0.25, -0.2) is 9.79 Å². The van der Waals surface area contributed by atoms with Gasteiger partial charge in [0.2, 0.25) is 0 Å². The second-order valence-electron chi connectivity index (χ2n) is 9.39. The van der Waals surface area contributed by atoms with E-state index in [9.17, 15) is 9.59 Å². The van der Waals surface area contributed by atoms with E-state index in [1.54, 1.807) is 24.7 Å². The van der Waals surface area contributed by atoms with Crippen molar-refractivity contribution in [3.05, 3.63) is 113 Å². The molecule has 0 fully saturated rings. The van der Waals surface area contributed by atoms with Gasteiger partial charge in [-0.15, -0.1) is 0 Å². The number of hydrogen-bond donors (Lipinski definition) is 0. The van der Waals surface area contributed by atoms with Crippen LogP contribution in [0.3, 0.4) is 0 Å². The Morgan fingerprint density at radius 2 is 1.67 bits per heavy atom. The van der Waals surface area contributed by atoms with Gasteiger partial charge in [-0.2, -0.15) is 0 Å². The Balaban J connectivity index is 1.80. The summed E-state index contributed by atoms with van der Waals surface area (Å²) in [7, 11) is 1.59. The molecule has 4 aromatic rings. The molecule has 222 valence electrons. The number of hydrogen-bond acceptors (Lipinski definition) is 8. The Bertz CT molecular complexity index is 1850. The Hall–Kier alpha value is -4.15. The van der Waals surface area contributed by atoms with Crippen LogP contribution in [0.15, 0.2) is 86.6 Å². The summed E-state index contributed by atoms with van der Waals surface area (Å²) in [6.07, 6.45) is 1.79. The highest BCUT2D eigenvalue weighted by Crippen LogP contribution is 2.36. The van der Waals surface area contributed by atoms with Crippen LogP contribution >= 0.6 is 27.3 Å². The average molecular weight is 664 g/mol. The summed E-state index contributed by atoms with van der Waals surface area (Å²) < 4.78 is 25.3. The minimum absolute atomic E-state index is 0.178. The van der Waals surface area contributed by atoms with Crippen LogP contribution in [0.1, 0.15) is 43.5 Å².